The Morgan fingerprint density at radius 3 is 1.94 bits per heavy atom. The molecule has 2 aromatic carbocycles. The second-order valence-corrected chi connectivity index (χ2v) is 11.6. The van der Waals surface area contributed by atoms with Gasteiger partial charge >= 0.3 is 0 Å². The van der Waals surface area contributed by atoms with Crippen LogP contribution in [0.4, 0.5) is 0 Å². The average molecular weight is 665 g/mol. The summed E-state index contributed by atoms with van der Waals surface area (Å²) in [5.41, 5.74) is 7.23. The highest BCUT2D eigenvalue weighted by molar-refractivity contribution is 5.88. The first-order valence-corrected chi connectivity index (χ1v) is 16.0. The summed E-state index contributed by atoms with van der Waals surface area (Å²) in [5, 5.41) is 43.5. The number of ether oxygens (including phenoxy) is 4. The van der Waals surface area contributed by atoms with Gasteiger partial charge < -0.3 is 50.0 Å². The quantitative estimate of drug-likeness (QED) is 0.118. The number of aliphatic imine (C=N–C) groups is 1. The molecule has 1 aromatic heterocycles. The smallest absolute Gasteiger partial charge is 0.220 e. The van der Waals surface area contributed by atoms with Crippen LogP contribution in [0, 0.1) is 19.8 Å². The number of pyridine rings is 1. The molecule has 0 amide bonds. The number of aliphatic hydroxyl groups is 4. The Balaban J connectivity index is 1.41. The summed E-state index contributed by atoms with van der Waals surface area (Å²) in [5.74, 6) is 1.25. The van der Waals surface area contributed by atoms with E-state index in [0.717, 1.165) is 38.9 Å². The normalized spacial score (nSPS) is 16.0. The maximum Gasteiger partial charge on any atom is 0.220 e. The van der Waals surface area contributed by atoms with Crippen molar-refractivity contribution >= 4 is 5.90 Å². The lowest BCUT2D eigenvalue weighted by Gasteiger charge is -2.26. The maximum atomic E-state index is 9.33. The minimum atomic E-state index is -0.446. The van der Waals surface area contributed by atoms with E-state index >= 15 is 0 Å². The molecule has 4 rings (SSSR count). The van der Waals surface area contributed by atoms with E-state index in [2.05, 4.69) is 46.6 Å². The van der Waals surface area contributed by atoms with Gasteiger partial charge in [0, 0.05) is 37.7 Å². The topological polar surface area (TPSA) is 167 Å². The number of hydrogen-bond donors (Lipinski definition) is 6. The average Bonchev–Trinajstić information content (AvgIpc) is 3.12. The Morgan fingerprint density at radius 1 is 0.750 bits per heavy atom. The molecule has 2 unspecified atom stereocenters. The fourth-order valence-corrected chi connectivity index (χ4v) is 5.39. The summed E-state index contributed by atoms with van der Waals surface area (Å²) in [4.78, 5) is 9.12. The van der Waals surface area contributed by atoms with Gasteiger partial charge in [0.2, 0.25) is 17.7 Å². The van der Waals surface area contributed by atoms with Crippen LogP contribution >= 0.6 is 0 Å². The summed E-state index contributed by atoms with van der Waals surface area (Å²) in [6.45, 7) is 5.04. The lowest BCUT2D eigenvalue weighted by molar-refractivity contribution is 0.0670. The predicted octanol–water partition coefficient (Wildman–Crippen LogP) is 2.41. The Bertz CT molecular complexity index is 1520. The molecule has 260 valence electrons. The van der Waals surface area contributed by atoms with E-state index in [1.54, 1.807) is 20.3 Å². The molecular formula is C36H48N4O8. The molecule has 2 atom stereocenters. The molecule has 0 saturated carbocycles. The van der Waals surface area contributed by atoms with E-state index in [1.807, 2.05) is 42.5 Å². The van der Waals surface area contributed by atoms with E-state index in [0.29, 0.717) is 44.0 Å². The van der Waals surface area contributed by atoms with Crippen molar-refractivity contribution in [1.29, 1.82) is 0 Å². The molecule has 0 fully saturated rings. The van der Waals surface area contributed by atoms with Crippen LogP contribution in [0.5, 0.6) is 11.8 Å². The zero-order valence-corrected chi connectivity index (χ0v) is 28.1. The molecule has 12 nitrogen and oxygen atoms in total. The molecule has 1 aliphatic heterocycles. The fraction of sp³-hybridized carbons (Fsp3) is 0.444. The van der Waals surface area contributed by atoms with Crippen molar-refractivity contribution in [2.45, 2.75) is 51.9 Å². The van der Waals surface area contributed by atoms with Crippen LogP contribution in [-0.2, 0) is 29.2 Å². The van der Waals surface area contributed by atoms with Gasteiger partial charge in [-0.2, -0.15) is 4.98 Å². The van der Waals surface area contributed by atoms with E-state index in [9.17, 15) is 20.4 Å². The van der Waals surface area contributed by atoms with Gasteiger partial charge in [-0.3, -0.25) is 0 Å². The molecule has 48 heavy (non-hydrogen) atoms. The second kappa shape index (κ2) is 18.6. The van der Waals surface area contributed by atoms with Crippen molar-refractivity contribution in [3.8, 4) is 22.9 Å². The number of aliphatic hydroxyl groups excluding tert-OH is 4. The monoisotopic (exact) mass is 664 g/mol. The highest BCUT2D eigenvalue weighted by Crippen LogP contribution is 2.31. The third kappa shape index (κ3) is 9.60. The zero-order valence-electron chi connectivity index (χ0n) is 28.1. The predicted molar refractivity (Wildman–Crippen MR) is 183 cm³/mol. The highest BCUT2D eigenvalue weighted by Gasteiger charge is 2.24. The number of nitrogens with zero attached hydrogens (tertiary/aromatic N) is 2. The molecule has 0 saturated heterocycles. The molecule has 2 heterocycles. The number of dihydropyridines is 1. The second-order valence-electron chi connectivity index (χ2n) is 11.6. The Labute approximate surface area is 282 Å². The summed E-state index contributed by atoms with van der Waals surface area (Å²) in [6, 6.07) is 15.2. The Morgan fingerprint density at radius 2 is 1.35 bits per heavy atom. The van der Waals surface area contributed by atoms with Crippen molar-refractivity contribution < 1.29 is 39.4 Å². The number of methoxy groups -OCH3 is 2. The third-order valence-corrected chi connectivity index (χ3v) is 8.49. The van der Waals surface area contributed by atoms with Crippen LogP contribution in [0.25, 0.3) is 11.1 Å². The van der Waals surface area contributed by atoms with Gasteiger partial charge in [-0.1, -0.05) is 42.5 Å². The molecular weight excluding hydrogens is 616 g/mol. The van der Waals surface area contributed by atoms with Gasteiger partial charge in [0.05, 0.1) is 45.6 Å². The largest absolute Gasteiger partial charge is 0.481 e. The van der Waals surface area contributed by atoms with Crippen LogP contribution in [0.15, 0.2) is 65.7 Å². The van der Waals surface area contributed by atoms with Crippen molar-refractivity contribution in [3.63, 3.8) is 0 Å². The van der Waals surface area contributed by atoms with Gasteiger partial charge in [-0.25, -0.2) is 4.99 Å². The molecule has 0 bridgehead atoms. The minimum Gasteiger partial charge on any atom is -0.481 e. The number of rotatable bonds is 18. The first-order valence-electron chi connectivity index (χ1n) is 16.0. The van der Waals surface area contributed by atoms with Crippen molar-refractivity contribution in [3.05, 3.63) is 88.5 Å². The Hall–Kier alpha value is -3.88. The van der Waals surface area contributed by atoms with Gasteiger partial charge in [0.25, 0.3) is 0 Å². The Kier molecular flexibility index (Phi) is 14.3. The third-order valence-electron chi connectivity index (χ3n) is 8.49. The van der Waals surface area contributed by atoms with Gasteiger partial charge in [-0.05, 0) is 59.4 Å². The van der Waals surface area contributed by atoms with Gasteiger partial charge in [-0.15, -0.1) is 0 Å². The number of hydrogen-bond acceptors (Lipinski definition) is 12. The standard InChI is InChI=1S/C36H48N4O8/c1-23-27(21-47-33-13-11-25(35(39-33)45-3)15-37-29(17-41)18-42)7-5-9-31(23)32-10-6-8-28(24(32)2)22-48-34-14-12-26(36(40-34)46-4)16-38-30(19-43)20-44/h5-14,25,29-30,35,37-38,41-44H,15-22H2,1-4H3. The molecule has 6 N–H and O–H groups in total. The van der Waals surface area contributed by atoms with Crippen LogP contribution in [0.3, 0.4) is 0 Å². The summed E-state index contributed by atoms with van der Waals surface area (Å²) < 4.78 is 23.2. The summed E-state index contributed by atoms with van der Waals surface area (Å²) >= 11 is 0. The van der Waals surface area contributed by atoms with E-state index in [-0.39, 0.29) is 32.3 Å². The molecule has 0 spiro atoms. The number of benzene rings is 2. The maximum absolute atomic E-state index is 9.33. The fourth-order valence-electron chi connectivity index (χ4n) is 5.39. The molecule has 12 heteroatoms. The molecule has 1 aliphatic rings. The van der Waals surface area contributed by atoms with Gasteiger partial charge in [0.15, 0.2) is 6.23 Å². The minimum absolute atomic E-state index is 0.0652. The van der Waals surface area contributed by atoms with Crippen LogP contribution in [0.2, 0.25) is 0 Å². The lowest BCUT2D eigenvalue weighted by Crippen LogP contribution is -2.41. The number of aromatic nitrogens is 1. The molecule has 0 aliphatic carbocycles. The van der Waals surface area contributed by atoms with E-state index < -0.39 is 18.3 Å². The van der Waals surface area contributed by atoms with Crippen molar-refractivity contribution in [1.82, 2.24) is 15.6 Å². The van der Waals surface area contributed by atoms with Crippen molar-refractivity contribution in [2.24, 2.45) is 10.9 Å². The van der Waals surface area contributed by atoms with Crippen LogP contribution < -0.4 is 20.1 Å². The van der Waals surface area contributed by atoms with E-state index in [1.165, 1.54) is 0 Å². The highest BCUT2D eigenvalue weighted by atomic mass is 16.5. The SMILES string of the molecule is COc1nc(OCc2cccc(-c3cccc(COC4=NC(OC)C(CNC(CO)CO)C=C4)c3C)c2C)ccc1CNC(CO)CO. The van der Waals surface area contributed by atoms with Crippen LogP contribution in [0.1, 0.15) is 27.8 Å². The number of nitrogens with one attached hydrogen (secondary N) is 2. The lowest BCUT2D eigenvalue weighted by atomic mass is 9.92. The van der Waals surface area contributed by atoms with Gasteiger partial charge in [0.1, 0.15) is 13.2 Å². The zero-order chi connectivity index (χ0) is 34.5. The summed E-state index contributed by atoms with van der Waals surface area (Å²) in [6.07, 6.45) is 3.36. The van der Waals surface area contributed by atoms with E-state index in [4.69, 9.17) is 18.9 Å². The molecule has 0 radical (unpaired) electrons. The first-order chi connectivity index (χ1) is 23.3. The first kappa shape index (κ1) is 36.9. The van der Waals surface area contributed by atoms with Crippen LogP contribution in [-0.4, -0.2) is 96.8 Å². The summed E-state index contributed by atoms with van der Waals surface area (Å²) in [7, 11) is 3.14. The van der Waals surface area contributed by atoms with Crippen molar-refractivity contribution in [2.75, 3.05) is 47.2 Å². The molecule has 3 aromatic rings.